The summed E-state index contributed by atoms with van der Waals surface area (Å²) in [6.07, 6.45) is 13.8. The molecule has 0 aromatic rings. The molecule has 0 aromatic carbocycles. The lowest BCUT2D eigenvalue weighted by molar-refractivity contribution is -0.299. The number of ether oxygens (including phenoxy) is 4. The molecule has 0 aromatic heterocycles. The second-order valence-corrected chi connectivity index (χ2v) is 12.6. The lowest BCUT2D eigenvalue weighted by Crippen LogP contribution is -2.64. The summed E-state index contributed by atoms with van der Waals surface area (Å²) >= 11 is 0. The minimum Gasteiger partial charge on any atom is -0.459 e. The van der Waals surface area contributed by atoms with Crippen LogP contribution in [-0.2, 0) is 23.7 Å². The number of rotatable bonds is 7. The van der Waals surface area contributed by atoms with E-state index in [1.54, 1.807) is 0 Å². The Morgan fingerprint density at radius 3 is 2.21 bits per heavy atom. The number of esters is 1. The van der Waals surface area contributed by atoms with E-state index >= 15 is 0 Å². The van der Waals surface area contributed by atoms with Crippen LogP contribution < -0.4 is 0 Å². The Bertz CT molecular complexity index is 663. The predicted molar refractivity (Wildman–Crippen MR) is 129 cm³/mol. The molecule has 4 rings (SSSR count). The Labute approximate surface area is 201 Å². The first-order chi connectivity index (χ1) is 15.6. The summed E-state index contributed by atoms with van der Waals surface area (Å²) in [5.41, 5.74) is -1.23. The van der Waals surface area contributed by atoms with Crippen molar-refractivity contribution in [3.63, 3.8) is 0 Å². The van der Waals surface area contributed by atoms with Gasteiger partial charge in [-0.25, -0.2) is 0 Å². The van der Waals surface area contributed by atoms with Crippen LogP contribution in [0.15, 0.2) is 0 Å². The molecule has 3 saturated carbocycles. The Morgan fingerprint density at radius 1 is 0.879 bits per heavy atom. The normalized spacial score (nSPS) is 41.0. The van der Waals surface area contributed by atoms with E-state index in [1.165, 1.54) is 19.3 Å². The number of carbonyl (C=O) groups excluding carboxylic acids is 1. The molecule has 0 N–H and O–H groups in total. The third-order valence-electron chi connectivity index (χ3n) is 8.69. The summed E-state index contributed by atoms with van der Waals surface area (Å²) in [4.78, 5) is 13.2. The van der Waals surface area contributed by atoms with Crippen LogP contribution in [0.4, 0.5) is 0 Å². The highest BCUT2D eigenvalue weighted by Crippen LogP contribution is 2.56. The van der Waals surface area contributed by atoms with Crippen molar-refractivity contribution >= 4 is 5.97 Å². The zero-order valence-corrected chi connectivity index (χ0v) is 21.8. The maximum Gasteiger partial charge on any atom is 0.309 e. The van der Waals surface area contributed by atoms with Gasteiger partial charge in [0.05, 0.1) is 23.2 Å². The molecule has 2 bridgehead atoms. The van der Waals surface area contributed by atoms with Crippen LogP contribution in [0.2, 0.25) is 0 Å². The molecule has 1 aliphatic heterocycles. The van der Waals surface area contributed by atoms with Crippen LogP contribution in [0, 0.1) is 17.8 Å². The molecule has 33 heavy (non-hydrogen) atoms. The highest BCUT2D eigenvalue weighted by molar-refractivity contribution is 5.72. The average Bonchev–Trinajstić information content (AvgIpc) is 2.72. The lowest BCUT2D eigenvalue weighted by Gasteiger charge is -2.59. The van der Waals surface area contributed by atoms with Crippen molar-refractivity contribution < 1.29 is 23.7 Å². The van der Waals surface area contributed by atoms with Gasteiger partial charge in [0, 0.05) is 25.9 Å². The van der Waals surface area contributed by atoms with Crippen molar-refractivity contribution in [1.29, 1.82) is 0 Å². The van der Waals surface area contributed by atoms with Gasteiger partial charge in [0.15, 0.2) is 6.29 Å². The molecular weight excluding hydrogens is 416 g/mol. The molecule has 6 unspecified atom stereocenters. The predicted octanol–water partition coefficient (Wildman–Crippen LogP) is 6.56. The molecular formula is C28H48O5. The van der Waals surface area contributed by atoms with E-state index < -0.39 is 5.60 Å². The van der Waals surface area contributed by atoms with Crippen molar-refractivity contribution in [2.24, 2.45) is 17.8 Å². The fraction of sp³-hybridized carbons (Fsp3) is 0.964. The summed E-state index contributed by atoms with van der Waals surface area (Å²) in [7, 11) is 0. The van der Waals surface area contributed by atoms with Crippen LogP contribution >= 0.6 is 0 Å². The first kappa shape index (κ1) is 25.4. The molecule has 1 heterocycles. The van der Waals surface area contributed by atoms with E-state index in [0.717, 1.165) is 70.8 Å². The summed E-state index contributed by atoms with van der Waals surface area (Å²) in [5.74, 6) is 0.522. The maximum atomic E-state index is 13.2. The SMILES string of the molecule is CC1CC2(OC(=O)C(C)C(C)C)CC(C)(OC3CCCCC3)CC(OC3CCCCO3)(C1)C2. The first-order valence-corrected chi connectivity index (χ1v) is 13.8. The Morgan fingerprint density at radius 2 is 1.55 bits per heavy atom. The van der Waals surface area contributed by atoms with Crippen molar-refractivity contribution in [3.05, 3.63) is 0 Å². The van der Waals surface area contributed by atoms with Crippen molar-refractivity contribution in [2.75, 3.05) is 6.61 Å². The van der Waals surface area contributed by atoms with E-state index in [1.807, 2.05) is 6.92 Å². The fourth-order valence-electron chi connectivity index (χ4n) is 7.34. The molecule has 0 amide bonds. The van der Waals surface area contributed by atoms with Crippen molar-refractivity contribution in [3.8, 4) is 0 Å². The number of hydrogen-bond acceptors (Lipinski definition) is 5. The topological polar surface area (TPSA) is 54.0 Å². The molecule has 5 nitrogen and oxygen atoms in total. The van der Waals surface area contributed by atoms with Gasteiger partial charge in [-0.3, -0.25) is 4.79 Å². The minimum absolute atomic E-state index is 0.0659. The highest BCUT2D eigenvalue weighted by Gasteiger charge is 2.61. The standard InChI is InChI=1S/C28H48O5/c1-20(2)22(4)25(29)33-28-16-21(3)15-27(19-28,32-24-13-9-10-14-30-24)17-26(5,18-28)31-23-11-7-6-8-12-23/h20-24H,6-19H2,1-5H3. The third kappa shape index (κ3) is 6.13. The number of fused-ring (bicyclic) bond motifs is 2. The number of hydrogen-bond donors (Lipinski definition) is 0. The lowest BCUT2D eigenvalue weighted by atomic mass is 9.58. The molecule has 0 spiro atoms. The Hall–Kier alpha value is -0.650. The molecule has 4 aliphatic rings. The van der Waals surface area contributed by atoms with Crippen molar-refractivity contribution in [2.45, 2.75) is 147 Å². The van der Waals surface area contributed by atoms with Crippen LogP contribution in [-0.4, -0.2) is 41.8 Å². The van der Waals surface area contributed by atoms with E-state index in [2.05, 4.69) is 27.7 Å². The van der Waals surface area contributed by atoms with Gasteiger partial charge in [-0.05, 0) is 63.7 Å². The van der Waals surface area contributed by atoms with Gasteiger partial charge in [0.25, 0.3) is 0 Å². The smallest absolute Gasteiger partial charge is 0.309 e. The van der Waals surface area contributed by atoms with E-state index in [9.17, 15) is 4.79 Å². The highest BCUT2D eigenvalue weighted by atomic mass is 16.7. The molecule has 0 radical (unpaired) electrons. The number of carbonyl (C=O) groups is 1. The van der Waals surface area contributed by atoms with Crippen LogP contribution in [0.3, 0.4) is 0 Å². The van der Waals surface area contributed by atoms with Gasteiger partial charge in [-0.1, -0.05) is 47.0 Å². The van der Waals surface area contributed by atoms with Crippen LogP contribution in [0.1, 0.15) is 118 Å². The van der Waals surface area contributed by atoms with Gasteiger partial charge in [-0.15, -0.1) is 0 Å². The van der Waals surface area contributed by atoms with Gasteiger partial charge < -0.3 is 18.9 Å². The fourth-order valence-corrected chi connectivity index (χ4v) is 7.34. The molecule has 1 saturated heterocycles. The Kier molecular flexibility index (Phi) is 7.82. The summed E-state index contributed by atoms with van der Waals surface area (Å²) in [5, 5.41) is 0. The molecule has 6 atom stereocenters. The quantitative estimate of drug-likeness (QED) is 0.399. The van der Waals surface area contributed by atoms with Gasteiger partial charge >= 0.3 is 5.97 Å². The second kappa shape index (κ2) is 10.1. The zero-order valence-electron chi connectivity index (χ0n) is 21.8. The van der Waals surface area contributed by atoms with Crippen molar-refractivity contribution in [1.82, 2.24) is 0 Å². The molecule has 190 valence electrons. The average molecular weight is 465 g/mol. The first-order valence-electron chi connectivity index (χ1n) is 13.8. The molecule has 5 heteroatoms. The van der Waals surface area contributed by atoms with Gasteiger partial charge in [0.1, 0.15) is 5.60 Å². The van der Waals surface area contributed by atoms with E-state index in [-0.39, 0.29) is 35.3 Å². The minimum atomic E-state index is -0.520. The largest absolute Gasteiger partial charge is 0.459 e. The van der Waals surface area contributed by atoms with Crippen LogP contribution in [0.25, 0.3) is 0 Å². The monoisotopic (exact) mass is 464 g/mol. The zero-order chi connectivity index (χ0) is 23.7. The van der Waals surface area contributed by atoms with Crippen LogP contribution in [0.5, 0.6) is 0 Å². The van der Waals surface area contributed by atoms with Gasteiger partial charge in [-0.2, -0.15) is 0 Å². The summed E-state index contributed by atoms with van der Waals surface area (Å²) in [6.45, 7) is 11.5. The maximum absolute atomic E-state index is 13.2. The van der Waals surface area contributed by atoms with E-state index in [0.29, 0.717) is 12.0 Å². The molecule has 4 fully saturated rings. The molecule has 3 aliphatic carbocycles. The van der Waals surface area contributed by atoms with E-state index in [4.69, 9.17) is 18.9 Å². The second-order valence-electron chi connectivity index (χ2n) is 12.6. The third-order valence-corrected chi connectivity index (χ3v) is 8.69. The summed E-state index contributed by atoms with van der Waals surface area (Å²) < 4.78 is 26.3. The summed E-state index contributed by atoms with van der Waals surface area (Å²) in [6, 6.07) is 0. The van der Waals surface area contributed by atoms with Gasteiger partial charge in [0.2, 0.25) is 0 Å². The Balaban J connectivity index is 1.61.